The third kappa shape index (κ3) is 2.23. The number of rotatable bonds is 2. The van der Waals surface area contributed by atoms with E-state index in [1.165, 1.54) is 0 Å². The first-order valence-corrected chi connectivity index (χ1v) is 8.55. The summed E-state index contributed by atoms with van der Waals surface area (Å²) in [7, 11) is -3.51. The van der Waals surface area contributed by atoms with Gasteiger partial charge in [0.1, 0.15) is 0 Å². The molecule has 0 radical (unpaired) electrons. The van der Waals surface area contributed by atoms with Crippen LogP contribution >= 0.6 is 0 Å². The van der Waals surface area contributed by atoms with Gasteiger partial charge in [0, 0.05) is 6.04 Å². The van der Waals surface area contributed by atoms with E-state index in [0.717, 1.165) is 28.8 Å². The first-order valence-electron chi connectivity index (χ1n) is 7.11. The van der Waals surface area contributed by atoms with Gasteiger partial charge in [0.05, 0.1) is 10.6 Å². The monoisotopic (exact) mass is 301 g/mol. The number of hydrogen-bond acceptors (Lipinski definition) is 2. The fourth-order valence-corrected chi connectivity index (χ4v) is 4.67. The van der Waals surface area contributed by atoms with Crippen molar-refractivity contribution in [3.8, 4) is 0 Å². The van der Waals surface area contributed by atoms with E-state index in [0.29, 0.717) is 4.90 Å². The molecule has 0 saturated carbocycles. The number of sulfonamides is 1. The van der Waals surface area contributed by atoms with Crippen molar-refractivity contribution in [2.45, 2.75) is 38.1 Å². The molecule has 0 unspecified atom stereocenters. The number of para-hydroxylation sites is 1. The van der Waals surface area contributed by atoms with Gasteiger partial charge < -0.3 is 0 Å². The molecule has 3 rings (SSSR count). The van der Waals surface area contributed by atoms with E-state index in [1.807, 2.05) is 51.1 Å². The highest BCUT2D eigenvalue weighted by molar-refractivity contribution is 7.92. The number of benzene rings is 2. The summed E-state index contributed by atoms with van der Waals surface area (Å²) in [6.45, 7) is 5.88. The lowest BCUT2D eigenvalue weighted by Crippen LogP contribution is -2.35. The molecule has 0 aromatic heterocycles. The molecule has 0 amide bonds. The largest absolute Gasteiger partial charge is 0.264 e. The standard InChI is InChI=1S/C17H19NO2S/c1-12-8-9-16(10-13(12)2)21(19,20)18-14(3)11-15-6-4-5-7-17(15)18/h4-10,14H,11H2,1-3H3/t14-/m0/s1. The van der Waals surface area contributed by atoms with E-state index < -0.39 is 10.0 Å². The smallest absolute Gasteiger partial charge is 0.263 e. The lowest BCUT2D eigenvalue weighted by Gasteiger charge is -2.24. The predicted octanol–water partition coefficient (Wildman–Crippen LogP) is 3.44. The van der Waals surface area contributed by atoms with Gasteiger partial charge in [-0.05, 0) is 62.1 Å². The highest BCUT2D eigenvalue weighted by atomic mass is 32.2. The molecule has 0 N–H and O–H groups in total. The molecule has 0 aliphatic carbocycles. The average Bonchev–Trinajstić information content (AvgIpc) is 2.78. The summed E-state index contributed by atoms with van der Waals surface area (Å²) in [6, 6.07) is 13.0. The number of aryl methyl sites for hydroxylation is 2. The minimum Gasteiger partial charge on any atom is -0.263 e. The van der Waals surface area contributed by atoms with Crippen molar-refractivity contribution in [2.75, 3.05) is 4.31 Å². The van der Waals surface area contributed by atoms with Crippen LogP contribution in [-0.4, -0.2) is 14.5 Å². The minimum atomic E-state index is -3.51. The lowest BCUT2D eigenvalue weighted by atomic mass is 10.1. The number of nitrogens with zero attached hydrogens (tertiary/aromatic N) is 1. The van der Waals surface area contributed by atoms with Gasteiger partial charge in [0.15, 0.2) is 0 Å². The molecular formula is C17H19NO2S. The van der Waals surface area contributed by atoms with Crippen LogP contribution in [0.4, 0.5) is 5.69 Å². The zero-order valence-corrected chi connectivity index (χ0v) is 13.3. The van der Waals surface area contributed by atoms with E-state index in [2.05, 4.69) is 0 Å². The molecule has 2 aromatic carbocycles. The molecule has 0 saturated heterocycles. The molecule has 1 atom stereocenters. The van der Waals surface area contributed by atoms with Crippen molar-refractivity contribution in [3.63, 3.8) is 0 Å². The fourth-order valence-electron chi connectivity index (χ4n) is 2.89. The Morgan fingerprint density at radius 3 is 2.48 bits per heavy atom. The second-order valence-electron chi connectivity index (χ2n) is 5.73. The Bertz CT molecular complexity index is 796. The Labute approximate surface area is 126 Å². The van der Waals surface area contributed by atoms with Gasteiger partial charge in [-0.2, -0.15) is 0 Å². The molecule has 4 heteroatoms. The molecule has 1 aliphatic rings. The molecule has 2 aromatic rings. The van der Waals surface area contributed by atoms with Crippen LogP contribution in [0.15, 0.2) is 47.4 Å². The quantitative estimate of drug-likeness (QED) is 0.852. The Balaban J connectivity index is 2.12. The molecule has 3 nitrogen and oxygen atoms in total. The van der Waals surface area contributed by atoms with Gasteiger partial charge in [-0.25, -0.2) is 8.42 Å². The van der Waals surface area contributed by atoms with Gasteiger partial charge in [-0.3, -0.25) is 4.31 Å². The first kappa shape index (κ1) is 14.1. The molecular weight excluding hydrogens is 282 g/mol. The zero-order valence-electron chi connectivity index (χ0n) is 12.5. The van der Waals surface area contributed by atoms with Crippen LogP contribution in [0.1, 0.15) is 23.6 Å². The van der Waals surface area contributed by atoms with Crippen molar-refractivity contribution >= 4 is 15.7 Å². The molecule has 110 valence electrons. The maximum absolute atomic E-state index is 13.0. The summed E-state index contributed by atoms with van der Waals surface area (Å²) < 4.78 is 27.6. The summed E-state index contributed by atoms with van der Waals surface area (Å²) in [5.74, 6) is 0. The van der Waals surface area contributed by atoms with Gasteiger partial charge in [-0.1, -0.05) is 24.3 Å². The highest BCUT2D eigenvalue weighted by Gasteiger charge is 2.35. The first-order chi connectivity index (χ1) is 9.91. The summed E-state index contributed by atoms with van der Waals surface area (Å²) in [5, 5.41) is 0. The fraction of sp³-hybridized carbons (Fsp3) is 0.294. The summed E-state index contributed by atoms with van der Waals surface area (Å²) in [6.07, 6.45) is 0.764. The lowest BCUT2D eigenvalue weighted by molar-refractivity contribution is 0.584. The molecule has 1 heterocycles. The Morgan fingerprint density at radius 1 is 1.05 bits per heavy atom. The van der Waals surface area contributed by atoms with E-state index >= 15 is 0 Å². The van der Waals surface area contributed by atoms with Crippen LogP contribution in [0.5, 0.6) is 0 Å². The van der Waals surface area contributed by atoms with Gasteiger partial charge >= 0.3 is 0 Å². The molecule has 21 heavy (non-hydrogen) atoms. The summed E-state index contributed by atoms with van der Waals surface area (Å²) >= 11 is 0. The van der Waals surface area contributed by atoms with Crippen LogP contribution in [0, 0.1) is 13.8 Å². The second-order valence-corrected chi connectivity index (χ2v) is 7.54. The van der Waals surface area contributed by atoms with Crippen molar-refractivity contribution in [1.29, 1.82) is 0 Å². The van der Waals surface area contributed by atoms with Crippen LogP contribution in [-0.2, 0) is 16.4 Å². The Kier molecular flexibility index (Phi) is 3.29. The van der Waals surface area contributed by atoms with Crippen molar-refractivity contribution in [3.05, 3.63) is 59.2 Å². The predicted molar refractivity (Wildman–Crippen MR) is 85.2 cm³/mol. The Hall–Kier alpha value is -1.81. The van der Waals surface area contributed by atoms with Crippen LogP contribution in [0.2, 0.25) is 0 Å². The zero-order chi connectivity index (χ0) is 15.2. The van der Waals surface area contributed by atoms with Crippen molar-refractivity contribution in [2.24, 2.45) is 0 Å². The number of anilines is 1. The number of fused-ring (bicyclic) bond motifs is 1. The van der Waals surface area contributed by atoms with E-state index in [4.69, 9.17) is 0 Å². The van der Waals surface area contributed by atoms with Crippen LogP contribution < -0.4 is 4.31 Å². The number of hydrogen-bond donors (Lipinski definition) is 0. The third-order valence-electron chi connectivity index (χ3n) is 4.18. The molecule has 0 spiro atoms. The maximum atomic E-state index is 13.0. The molecule has 0 bridgehead atoms. The van der Waals surface area contributed by atoms with Gasteiger partial charge in [0.25, 0.3) is 10.0 Å². The normalized spacial score (nSPS) is 17.9. The van der Waals surface area contributed by atoms with Gasteiger partial charge in [-0.15, -0.1) is 0 Å². The van der Waals surface area contributed by atoms with Crippen molar-refractivity contribution < 1.29 is 8.42 Å². The van der Waals surface area contributed by atoms with E-state index in [-0.39, 0.29) is 6.04 Å². The minimum absolute atomic E-state index is 0.0472. The molecule has 1 aliphatic heterocycles. The topological polar surface area (TPSA) is 37.4 Å². The van der Waals surface area contributed by atoms with E-state index in [9.17, 15) is 8.42 Å². The van der Waals surface area contributed by atoms with Crippen molar-refractivity contribution in [1.82, 2.24) is 0 Å². The second kappa shape index (κ2) is 4.88. The highest BCUT2D eigenvalue weighted by Crippen LogP contribution is 2.36. The maximum Gasteiger partial charge on any atom is 0.264 e. The summed E-state index contributed by atoms with van der Waals surface area (Å²) in [4.78, 5) is 0.370. The van der Waals surface area contributed by atoms with E-state index in [1.54, 1.807) is 16.4 Å². The average molecular weight is 301 g/mol. The summed E-state index contributed by atoms with van der Waals surface area (Å²) in [5.41, 5.74) is 4.00. The SMILES string of the molecule is Cc1ccc(S(=O)(=O)N2c3ccccc3C[C@@H]2C)cc1C. The Morgan fingerprint density at radius 2 is 1.76 bits per heavy atom. The van der Waals surface area contributed by atoms with Gasteiger partial charge in [0.2, 0.25) is 0 Å². The van der Waals surface area contributed by atoms with Crippen LogP contribution in [0.25, 0.3) is 0 Å². The molecule has 0 fully saturated rings. The third-order valence-corrected chi connectivity index (χ3v) is 6.10. The van der Waals surface area contributed by atoms with Crippen LogP contribution in [0.3, 0.4) is 0 Å².